The molecule has 0 aromatic heterocycles. The van der Waals surface area contributed by atoms with Crippen molar-refractivity contribution in [2.75, 3.05) is 5.75 Å². The predicted octanol–water partition coefficient (Wildman–Crippen LogP) is -1.35. The quantitative estimate of drug-likeness (QED) is 0.272. The van der Waals surface area contributed by atoms with E-state index in [1.807, 2.05) is 6.92 Å². The second-order valence-electron chi connectivity index (χ2n) is 4.51. The molecular formula is C13H19N2NaO2S2. The molecule has 0 aromatic rings. The van der Waals surface area contributed by atoms with Gasteiger partial charge >= 0.3 is 29.6 Å². The van der Waals surface area contributed by atoms with Crippen molar-refractivity contribution < 1.29 is 39.5 Å². The number of carbonyl (C=O) groups is 1. The van der Waals surface area contributed by atoms with E-state index in [1.54, 1.807) is 17.8 Å². The van der Waals surface area contributed by atoms with Gasteiger partial charge in [-0.25, -0.2) is 4.99 Å². The van der Waals surface area contributed by atoms with E-state index in [0.717, 1.165) is 18.6 Å². The van der Waals surface area contributed by atoms with Gasteiger partial charge in [-0.05, 0) is 36.7 Å². The number of nitrogens with one attached hydrogen (secondary N) is 1. The number of rotatable bonds is 7. The minimum absolute atomic E-state index is 0. The average molecular weight is 322 g/mol. The molecule has 2 atom stereocenters. The van der Waals surface area contributed by atoms with Crippen molar-refractivity contribution in [2.24, 2.45) is 10.4 Å². The maximum absolute atomic E-state index is 12.3. The Hall–Kier alpha value is 0.120. The summed E-state index contributed by atoms with van der Waals surface area (Å²) in [7, 11) is 0. The molecule has 4 nitrogen and oxygen atoms in total. The minimum Gasteiger partial charge on any atom is -0.861 e. The van der Waals surface area contributed by atoms with E-state index >= 15 is 0 Å². The topological polar surface area (TPSA) is 64.5 Å². The smallest absolute Gasteiger partial charge is 0.861 e. The van der Waals surface area contributed by atoms with E-state index in [0.29, 0.717) is 0 Å². The molecule has 0 saturated heterocycles. The fourth-order valence-electron chi connectivity index (χ4n) is 2.00. The molecule has 0 aromatic carbocycles. The molecule has 0 aliphatic carbocycles. The maximum atomic E-state index is 12.3. The second kappa shape index (κ2) is 9.20. The molecule has 2 unspecified atom stereocenters. The van der Waals surface area contributed by atoms with Crippen molar-refractivity contribution >= 4 is 40.9 Å². The van der Waals surface area contributed by atoms with Crippen molar-refractivity contribution in [3.8, 4) is 0 Å². The molecule has 0 spiro atoms. The number of aliphatic imine (C=N–C) groups is 1. The largest absolute Gasteiger partial charge is 1.00 e. The number of unbranched alkanes of at least 4 members (excludes halogenated alkanes) is 1. The molecule has 1 amide bonds. The Bertz CT molecular complexity index is 415. The summed E-state index contributed by atoms with van der Waals surface area (Å²) in [6.45, 7) is 7.65. The van der Waals surface area contributed by atoms with Crippen LogP contribution in [0.4, 0.5) is 0 Å². The van der Waals surface area contributed by atoms with Gasteiger partial charge in [-0.1, -0.05) is 26.3 Å². The van der Waals surface area contributed by atoms with Crippen molar-refractivity contribution in [1.82, 2.24) is 5.32 Å². The standard InChI is InChI=1S/C13H20N2O2S2.Na/c1-4-6-8-19-9(3)13(7-5-2)10(16)14-12(18)15-11(13)17;/h5,9H,2,4,6-8H2,1,3H3,(H2,14,15,16,17,18);/q;+1/p-1. The summed E-state index contributed by atoms with van der Waals surface area (Å²) in [4.78, 5) is 16.0. The Labute approximate surface area is 152 Å². The third-order valence-electron chi connectivity index (χ3n) is 3.24. The summed E-state index contributed by atoms with van der Waals surface area (Å²) in [5.41, 5.74) is -1.16. The Morgan fingerprint density at radius 3 is 2.80 bits per heavy atom. The Balaban J connectivity index is 0.00000361. The van der Waals surface area contributed by atoms with Gasteiger partial charge in [-0.3, -0.25) is 4.79 Å². The van der Waals surface area contributed by atoms with Crippen LogP contribution in [-0.4, -0.2) is 27.9 Å². The third-order valence-corrected chi connectivity index (χ3v) is 4.86. The van der Waals surface area contributed by atoms with Gasteiger partial charge in [0.15, 0.2) is 5.11 Å². The van der Waals surface area contributed by atoms with E-state index in [-0.39, 0.29) is 52.2 Å². The number of thiocarbonyl (C=S) groups is 1. The van der Waals surface area contributed by atoms with E-state index in [9.17, 15) is 9.90 Å². The zero-order valence-corrected chi connectivity index (χ0v) is 15.9. The fourth-order valence-corrected chi connectivity index (χ4v) is 3.58. The molecule has 1 heterocycles. The first-order valence-corrected chi connectivity index (χ1v) is 7.78. The molecule has 0 fully saturated rings. The summed E-state index contributed by atoms with van der Waals surface area (Å²) >= 11 is 6.41. The van der Waals surface area contributed by atoms with Crippen LogP contribution in [-0.2, 0) is 4.79 Å². The molecule has 1 aliphatic heterocycles. The zero-order chi connectivity index (χ0) is 14.5. The maximum Gasteiger partial charge on any atom is 1.00 e. The van der Waals surface area contributed by atoms with Gasteiger partial charge in [0, 0.05) is 5.25 Å². The fraction of sp³-hybridized carbons (Fsp3) is 0.615. The van der Waals surface area contributed by atoms with Crippen LogP contribution >= 0.6 is 24.0 Å². The van der Waals surface area contributed by atoms with Crippen LogP contribution in [0.3, 0.4) is 0 Å². The van der Waals surface area contributed by atoms with Gasteiger partial charge in [0.25, 0.3) is 0 Å². The monoisotopic (exact) mass is 322 g/mol. The summed E-state index contributed by atoms with van der Waals surface area (Å²) in [5, 5.41) is 14.5. The first-order valence-electron chi connectivity index (χ1n) is 6.33. The van der Waals surface area contributed by atoms with Crippen LogP contribution in [0.5, 0.6) is 0 Å². The molecule has 0 radical (unpaired) electrons. The summed E-state index contributed by atoms with van der Waals surface area (Å²) < 4.78 is 0. The van der Waals surface area contributed by atoms with Crippen LogP contribution in [0.1, 0.15) is 33.1 Å². The van der Waals surface area contributed by atoms with Gasteiger partial charge < -0.3 is 10.4 Å². The molecule has 7 heteroatoms. The number of thioether (sulfide) groups is 1. The molecule has 0 saturated carbocycles. The average Bonchev–Trinajstić information content (AvgIpc) is 2.34. The molecule has 1 rings (SSSR count). The van der Waals surface area contributed by atoms with E-state index in [1.165, 1.54) is 0 Å². The molecule has 1 aliphatic rings. The van der Waals surface area contributed by atoms with Gasteiger partial charge in [-0.15, -0.1) is 6.58 Å². The minimum atomic E-state index is -1.16. The van der Waals surface area contributed by atoms with Crippen LogP contribution in [0.25, 0.3) is 0 Å². The number of carbonyl (C=O) groups excluding carboxylic acids is 1. The van der Waals surface area contributed by atoms with Gasteiger partial charge in [0.2, 0.25) is 5.91 Å². The third kappa shape index (κ3) is 4.31. The molecule has 1 N–H and O–H groups in total. The van der Waals surface area contributed by atoms with Crippen LogP contribution in [0.2, 0.25) is 0 Å². The number of hydrogen-bond acceptors (Lipinski definition) is 4. The van der Waals surface area contributed by atoms with E-state index in [2.05, 4.69) is 23.8 Å². The van der Waals surface area contributed by atoms with Gasteiger partial charge in [0.05, 0.1) is 5.41 Å². The van der Waals surface area contributed by atoms with Gasteiger partial charge in [0.1, 0.15) is 0 Å². The Morgan fingerprint density at radius 2 is 2.30 bits per heavy atom. The van der Waals surface area contributed by atoms with E-state index in [4.69, 9.17) is 12.2 Å². The summed E-state index contributed by atoms with van der Waals surface area (Å²) in [6, 6.07) is 0. The Kier molecular flexibility index (Phi) is 9.26. The van der Waals surface area contributed by atoms with Crippen LogP contribution in [0.15, 0.2) is 17.6 Å². The number of allylic oxidation sites excluding steroid dienone is 1. The molecule has 0 bridgehead atoms. The van der Waals surface area contributed by atoms with Crippen LogP contribution < -0.4 is 40.0 Å². The van der Waals surface area contributed by atoms with Gasteiger partial charge in [-0.2, -0.15) is 11.8 Å². The molecule has 20 heavy (non-hydrogen) atoms. The van der Waals surface area contributed by atoms with Crippen molar-refractivity contribution in [3.05, 3.63) is 12.7 Å². The number of nitrogens with zero attached hydrogens (tertiary/aromatic N) is 1. The zero-order valence-electron chi connectivity index (χ0n) is 12.3. The van der Waals surface area contributed by atoms with Crippen molar-refractivity contribution in [1.29, 1.82) is 0 Å². The van der Waals surface area contributed by atoms with E-state index < -0.39 is 11.3 Å². The first kappa shape index (κ1) is 20.1. The first-order chi connectivity index (χ1) is 8.98. The number of amides is 1. The molecule has 106 valence electrons. The SMILES string of the molecule is C=CCC1(C(C)SCCCC)C(=O)NC(=S)N=C1[O-].[Na+]. The number of hydrogen-bond donors (Lipinski definition) is 1. The Morgan fingerprint density at radius 1 is 1.65 bits per heavy atom. The van der Waals surface area contributed by atoms with Crippen molar-refractivity contribution in [3.63, 3.8) is 0 Å². The predicted molar refractivity (Wildman–Crippen MR) is 82.3 cm³/mol. The summed E-state index contributed by atoms with van der Waals surface area (Å²) in [6.07, 6.45) is 4.02. The van der Waals surface area contributed by atoms with Crippen LogP contribution in [0, 0.1) is 5.41 Å². The second-order valence-corrected chi connectivity index (χ2v) is 6.34. The molecular weight excluding hydrogens is 303 g/mol. The summed E-state index contributed by atoms with van der Waals surface area (Å²) in [5.74, 6) is 0.119. The van der Waals surface area contributed by atoms with Crippen molar-refractivity contribution in [2.45, 2.75) is 38.4 Å². The normalized spacial score (nSPS) is 23.4.